The summed E-state index contributed by atoms with van der Waals surface area (Å²) in [7, 11) is -2.63. The van der Waals surface area contributed by atoms with Gasteiger partial charge in [-0.25, -0.2) is 27.9 Å². The molecule has 0 spiro atoms. The zero-order chi connectivity index (χ0) is 38.8. The number of para-hydroxylation sites is 1. The molecule has 3 aromatic carbocycles. The molecule has 3 heterocycles. The number of esters is 1. The lowest BCUT2D eigenvalue weighted by molar-refractivity contribution is -0.143. The maximum Gasteiger partial charge on any atom is 0.344 e. The molecule has 1 aliphatic rings. The molecule has 0 radical (unpaired) electrons. The normalized spacial score (nSPS) is 16.2. The quantitative estimate of drug-likeness (QED) is 0.135. The van der Waals surface area contributed by atoms with E-state index in [1.54, 1.807) is 24.3 Å². The van der Waals surface area contributed by atoms with Crippen LogP contribution in [0.5, 0.6) is 11.8 Å². The van der Waals surface area contributed by atoms with Gasteiger partial charge in [0.15, 0.2) is 6.61 Å². The van der Waals surface area contributed by atoms with E-state index in [1.165, 1.54) is 23.8 Å². The van der Waals surface area contributed by atoms with E-state index in [1.807, 2.05) is 76.6 Å². The average molecular weight is 755 g/mol. The third kappa shape index (κ3) is 7.58. The molecule has 2 aromatic heterocycles. The fourth-order valence-electron chi connectivity index (χ4n) is 7.01. The fraction of sp³-hybridized carbons (Fsp3) is 0.400. The van der Waals surface area contributed by atoms with Crippen molar-refractivity contribution in [3.8, 4) is 11.8 Å². The minimum Gasteiger partial charge on any atom is -0.488 e. The van der Waals surface area contributed by atoms with Crippen molar-refractivity contribution >= 4 is 32.8 Å². The Kier molecular flexibility index (Phi) is 11.2. The van der Waals surface area contributed by atoms with Gasteiger partial charge in [-0.2, -0.15) is 4.31 Å². The Morgan fingerprint density at radius 1 is 1.04 bits per heavy atom. The minimum absolute atomic E-state index is 0.00305. The highest BCUT2D eigenvalue weighted by Gasteiger charge is 2.40. The van der Waals surface area contributed by atoms with Crippen LogP contribution in [0.2, 0.25) is 0 Å². The number of aromatic nitrogens is 5. The van der Waals surface area contributed by atoms with Crippen molar-refractivity contribution < 1.29 is 32.2 Å². The van der Waals surface area contributed by atoms with Gasteiger partial charge in [-0.1, -0.05) is 62.4 Å². The van der Waals surface area contributed by atoms with Gasteiger partial charge < -0.3 is 14.2 Å². The largest absolute Gasteiger partial charge is 0.488 e. The minimum atomic E-state index is -3.89. The number of ether oxygens (including phenoxy) is 3. The van der Waals surface area contributed by atoms with Crippen molar-refractivity contribution in [3.63, 3.8) is 0 Å². The smallest absolute Gasteiger partial charge is 0.344 e. The summed E-state index contributed by atoms with van der Waals surface area (Å²) in [5.41, 5.74) is 5.68. The van der Waals surface area contributed by atoms with Crippen LogP contribution in [-0.2, 0) is 43.9 Å². The van der Waals surface area contributed by atoms with Crippen LogP contribution >= 0.6 is 0 Å². The second-order valence-corrected chi connectivity index (χ2v) is 16.0. The predicted molar refractivity (Wildman–Crippen MR) is 202 cm³/mol. The number of benzene rings is 3. The Balaban J connectivity index is 1.39. The van der Waals surface area contributed by atoms with Gasteiger partial charge in [-0.05, 0) is 78.8 Å². The summed E-state index contributed by atoms with van der Waals surface area (Å²) in [5.74, 6) is -0.726. The topological polar surface area (TPSA) is 156 Å². The summed E-state index contributed by atoms with van der Waals surface area (Å²) in [6, 6.07) is 16.9. The molecule has 0 bridgehead atoms. The number of aryl methyl sites for hydroxylation is 3. The van der Waals surface area contributed by atoms with E-state index in [-0.39, 0.29) is 48.9 Å². The number of nitrogens with zero attached hydrogens (tertiary/aromatic N) is 6. The zero-order valence-corrected chi connectivity index (χ0v) is 32.5. The van der Waals surface area contributed by atoms with E-state index in [0.717, 1.165) is 38.9 Å². The van der Waals surface area contributed by atoms with Crippen LogP contribution in [0.15, 0.2) is 71.9 Å². The molecular weight excluding hydrogens is 709 g/mol. The lowest BCUT2D eigenvalue weighted by Crippen LogP contribution is -2.37. The van der Waals surface area contributed by atoms with E-state index in [4.69, 9.17) is 9.47 Å². The number of carbonyl (C=O) groups excluding carboxylic acids is 2. The van der Waals surface area contributed by atoms with Crippen LogP contribution in [0.1, 0.15) is 73.4 Å². The van der Waals surface area contributed by atoms with Crippen molar-refractivity contribution in [3.05, 3.63) is 100 Å². The Bertz CT molecular complexity index is 2290. The summed E-state index contributed by atoms with van der Waals surface area (Å²) in [6.07, 6.45) is 3.38. The summed E-state index contributed by atoms with van der Waals surface area (Å²) in [4.78, 5) is 34.5. The first kappa shape index (κ1) is 38.5. The molecule has 2 atom stereocenters. The average Bonchev–Trinajstić information content (AvgIpc) is 3.55. The van der Waals surface area contributed by atoms with E-state index in [0.29, 0.717) is 24.3 Å². The molecule has 5 aromatic rings. The summed E-state index contributed by atoms with van der Waals surface area (Å²) >= 11 is 0. The number of hydrogen-bond donors (Lipinski definition) is 0. The van der Waals surface area contributed by atoms with Crippen LogP contribution in [-0.4, -0.2) is 75.8 Å². The van der Waals surface area contributed by atoms with Gasteiger partial charge in [0.1, 0.15) is 28.0 Å². The molecule has 0 saturated heterocycles. The predicted octanol–water partition coefficient (Wildman–Crippen LogP) is 5.74. The molecule has 14 heteroatoms. The highest BCUT2D eigenvalue weighted by Crippen LogP contribution is 2.45. The third-order valence-electron chi connectivity index (χ3n) is 10.3. The monoisotopic (exact) mass is 754 g/mol. The number of fused-ring (bicyclic) bond motifs is 2. The lowest BCUT2D eigenvalue weighted by atomic mass is 9.66. The van der Waals surface area contributed by atoms with Crippen LogP contribution in [0, 0.1) is 19.3 Å². The van der Waals surface area contributed by atoms with Crippen LogP contribution < -0.4 is 9.47 Å². The fourth-order valence-corrected chi connectivity index (χ4v) is 8.59. The van der Waals surface area contributed by atoms with Gasteiger partial charge in [0.05, 0.1) is 19.2 Å². The lowest BCUT2D eigenvalue weighted by Gasteiger charge is -2.35. The van der Waals surface area contributed by atoms with E-state index < -0.39 is 27.3 Å². The first-order valence-corrected chi connectivity index (χ1v) is 19.4. The number of methoxy groups -OCH3 is 1. The van der Waals surface area contributed by atoms with Gasteiger partial charge in [-0.3, -0.25) is 4.79 Å². The molecular formula is C40H46N6O7S. The third-order valence-corrected chi connectivity index (χ3v) is 12.2. The molecule has 0 amide bonds. The standard InChI is InChI=1S/C40H46N6O7S/c1-8-30-23-45(54(49,50)34-13-11-10-12-33(34)53-30)22-29-19-28(15-14-25(29)3)37(31-16-17-32-38(26(31)4)43-44-46(32)9-2)40(5,6)35(47)18-27-20-41-39(42-21-27)52-24-36(48)51-7/h10-17,19-21,30,37H,8-9,18,22-24H2,1-7H3/t30-,37+/m1/s1. The van der Waals surface area contributed by atoms with Gasteiger partial charge >= 0.3 is 12.0 Å². The van der Waals surface area contributed by atoms with Gasteiger partial charge in [0.2, 0.25) is 10.0 Å². The number of hydrogen-bond acceptors (Lipinski definition) is 11. The summed E-state index contributed by atoms with van der Waals surface area (Å²) in [5, 5.41) is 8.87. The maximum absolute atomic E-state index is 14.5. The van der Waals surface area contributed by atoms with E-state index >= 15 is 0 Å². The van der Waals surface area contributed by atoms with E-state index in [9.17, 15) is 18.0 Å². The molecule has 0 N–H and O–H groups in total. The second kappa shape index (κ2) is 15.6. The molecule has 13 nitrogen and oxygen atoms in total. The Morgan fingerprint density at radius 2 is 1.78 bits per heavy atom. The van der Waals surface area contributed by atoms with Gasteiger partial charge in [0.25, 0.3) is 0 Å². The van der Waals surface area contributed by atoms with Crippen LogP contribution in [0.25, 0.3) is 11.0 Å². The number of ketones is 1. The number of rotatable bonds is 13. The van der Waals surface area contributed by atoms with Crippen molar-refractivity contribution in [1.82, 2.24) is 29.3 Å². The zero-order valence-electron chi connectivity index (χ0n) is 31.7. The number of Topliss-reactive ketones (excluding diaryl/α,β-unsaturated/α-hetero) is 1. The van der Waals surface area contributed by atoms with Crippen LogP contribution in [0.4, 0.5) is 0 Å². The maximum atomic E-state index is 14.5. The van der Waals surface area contributed by atoms with Crippen molar-refractivity contribution in [1.29, 1.82) is 0 Å². The molecule has 0 aliphatic carbocycles. The molecule has 6 rings (SSSR count). The molecule has 54 heavy (non-hydrogen) atoms. The van der Waals surface area contributed by atoms with Crippen molar-refractivity contribution in [2.75, 3.05) is 20.3 Å². The van der Waals surface area contributed by atoms with E-state index in [2.05, 4.69) is 25.0 Å². The molecule has 0 unspecified atom stereocenters. The van der Waals surface area contributed by atoms with Gasteiger partial charge in [0, 0.05) is 43.2 Å². The van der Waals surface area contributed by atoms with Crippen molar-refractivity contribution in [2.45, 2.75) is 84.4 Å². The highest BCUT2D eigenvalue weighted by atomic mass is 32.2. The van der Waals surface area contributed by atoms with Crippen LogP contribution in [0.3, 0.4) is 0 Å². The Hall–Kier alpha value is -5.21. The summed E-state index contributed by atoms with van der Waals surface area (Å²) < 4.78 is 47.6. The van der Waals surface area contributed by atoms with Crippen molar-refractivity contribution in [2.24, 2.45) is 5.41 Å². The summed E-state index contributed by atoms with van der Waals surface area (Å²) in [6.45, 7) is 12.5. The SMILES string of the molecule is CC[C@@H]1CN(Cc2cc([C@@H](c3ccc4c(nnn4CC)c3C)C(C)(C)C(=O)Cc3cnc(OCC(=O)OC)nc3)ccc2C)S(=O)(=O)c2ccccc2O1. The number of sulfonamides is 1. The first-order valence-electron chi connectivity index (χ1n) is 18.0. The highest BCUT2D eigenvalue weighted by molar-refractivity contribution is 7.89. The second-order valence-electron chi connectivity index (χ2n) is 14.1. The Labute approximate surface area is 315 Å². The number of carbonyl (C=O) groups is 2. The Morgan fingerprint density at radius 3 is 2.48 bits per heavy atom. The molecule has 1 aliphatic heterocycles. The van der Waals surface area contributed by atoms with Gasteiger partial charge in [-0.15, -0.1) is 5.10 Å². The molecule has 0 saturated carbocycles. The molecule has 284 valence electrons. The molecule has 0 fully saturated rings. The first-order chi connectivity index (χ1) is 25.8.